The van der Waals surface area contributed by atoms with Gasteiger partial charge in [-0.05, 0) is 31.5 Å². The maximum atomic E-state index is 6.28. The van der Waals surface area contributed by atoms with Crippen molar-refractivity contribution in [1.29, 1.82) is 0 Å². The van der Waals surface area contributed by atoms with Gasteiger partial charge in [0.1, 0.15) is 23.4 Å². The van der Waals surface area contributed by atoms with Crippen molar-refractivity contribution < 1.29 is 4.74 Å². The van der Waals surface area contributed by atoms with E-state index in [1.807, 2.05) is 18.5 Å². The van der Waals surface area contributed by atoms with Gasteiger partial charge in [0, 0.05) is 71.0 Å². The fourth-order valence-corrected chi connectivity index (χ4v) is 5.54. The number of anilines is 4. The summed E-state index contributed by atoms with van der Waals surface area (Å²) < 4.78 is 6.28. The highest BCUT2D eigenvalue weighted by Crippen LogP contribution is 2.40. The molecule has 37 heavy (non-hydrogen) atoms. The molecule has 0 saturated carbocycles. The van der Waals surface area contributed by atoms with E-state index < -0.39 is 0 Å². The van der Waals surface area contributed by atoms with Crippen molar-refractivity contribution >= 4 is 35.0 Å². The Morgan fingerprint density at radius 1 is 1.00 bits per heavy atom. The first-order valence-electron chi connectivity index (χ1n) is 13.4. The number of aryl methyl sites for hydroxylation is 1. The highest BCUT2D eigenvalue weighted by atomic mass is 16.5. The number of hydrogen-bond donors (Lipinski definition) is 2. The number of fused-ring (bicyclic) bond motifs is 1. The van der Waals surface area contributed by atoms with Crippen molar-refractivity contribution in [1.82, 2.24) is 20.2 Å². The Morgan fingerprint density at radius 3 is 2.68 bits per heavy atom. The SMILES string of the molecule is Cc1ccc(N2C/C(=C\N3CCN(c4ccnc(N5CCNCC5)n4)CC3)O[C@H](C)C2)c2c1NCC=N2. The number of benzene rings is 1. The summed E-state index contributed by atoms with van der Waals surface area (Å²) in [6, 6.07) is 6.41. The first-order chi connectivity index (χ1) is 18.1. The molecule has 0 unspecified atom stereocenters. The molecular weight excluding hydrogens is 466 g/mol. The van der Waals surface area contributed by atoms with E-state index in [2.05, 4.69) is 67.4 Å². The molecule has 4 aliphatic rings. The fraction of sp³-hybridized carbons (Fsp3) is 0.519. The van der Waals surface area contributed by atoms with Gasteiger partial charge in [0.25, 0.3) is 0 Å². The number of nitrogens with one attached hydrogen (secondary N) is 2. The third-order valence-corrected chi connectivity index (χ3v) is 7.47. The third-order valence-electron chi connectivity index (χ3n) is 7.47. The first-order valence-corrected chi connectivity index (χ1v) is 13.4. The molecule has 3 fully saturated rings. The zero-order valence-corrected chi connectivity index (χ0v) is 21.9. The molecule has 196 valence electrons. The van der Waals surface area contributed by atoms with E-state index in [1.54, 1.807) is 0 Å². The number of nitrogens with zero attached hydrogens (tertiary/aromatic N) is 7. The number of hydrogen-bond acceptors (Lipinski definition) is 10. The topological polar surface area (TPSA) is 84.4 Å². The molecule has 1 aromatic heterocycles. The van der Waals surface area contributed by atoms with Crippen molar-refractivity contribution in [2.24, 2.45) is 4.99 Å². The average Bonchev–Trinajstić information content (AvgIpc) is 2.94. The van der Waals surface area contributed by atoms with Crippen LogP contribution in [0.15, 0.2) is 41.3 Å². The third kappa shape index (κ3) is 5.16. The minimum absolute atomic E-state index is 0.114. The summed E-state index contributed by atoms with van der Waals surface area (Å²) in [6.07, 6.45) is 6.18. The van der Waals surface area contributed by atoms with Crippen LogP contribution in [0.4, 0.5) is 28.8 Å². The maximum Gasteiger partial charge on any atom is 0.227 e. The average molecular weight is 504 g/mol. The molecule has 2 aromatic rings. The van der Waals surface area contributed by atoms with E-state index in [-0.39, 0.29) is 6.10 Å². The lowest BCUT2D eigenvalue weighted by molar-refractivity contribution is 0.107. The van der Waals surface area contributed by atoms with Crippen molar-refractivity contribution in [3.8, 4) is 0 Å². The second kappa shape index (κ2) is 10.5. The number of aromatic nitrogens is 2. The number of ether oxygens (including phenoxy) is 1. The van der Waals surface area contributed by atoms with Crippen LogP contribution in [0.2, 0.25) is 0 Å². The zero-order valence-electron chi connectivity index (χ0n) is 21.9. The number of piperazine rings is 2. The van der Waals surface area contributed by atoms with Crippen LogP contribution in [0.5, 0.6) is 0 Å². The first kappa shape index (κ1) is 23.8. The number of aliphatic imine (C=N–C) groups is 1. The molecule has 0 spiro atoms. The summed E-state index contributed by atoms with van der Waals surface area (Å²) >= 11 is 0. The van der Waals surface area contributed by atoms with Crippen molar-refractivity contribution in [2.75, 3.05) is 92.0 Å². The largest absolute Gasteiger partial charge is 0.490 e. The smallest absolute Gasteiger partial charge is 0.227 e. The highest BCUT2D eigenvalue weighted by Gasteiger charge is 2.27. The molecular formula is C27H37N9O. The molecule has 5 heterocycles. The Balaban J connectivity index is 1.11. The predicted octanol–water partition coefficient (Wildman–Crippen LogP) is 2.21. The van der Waals surface area contributed by atoms with Gasteiger partial charge in [-0.3, -0.25) is 4.99 Å². The van der Waals surface area contributed by atoms with Crippen LogP contribution in [0.1, 0.15) is 12.5 Å². The normalized spacial score (nSPS) is 23.1. The van der Waals surface area contributed by atoms with Crippen LogP contribution < -0.4 is 25.3 Å². The molecule has 6 rings (SSSR count). The number of rotatable bonds is 4. The molecule has 3 saturated heterocycles. The Kier molecular flexibility index (Phi) is 6.73. The van der Waals surface area contributed by atoms with E-state index in [0.717, 1.165) is 101 Å². The van der Waals surface area contributed by atoms with Gasteiger partial charge >= 0.3 is 0 Å². The Bertz CT molecular complexity index is 1170. The van der Waals surface area contributed by atoms with Crippen LogP contribution in [-0.2, 0) is 4.74 Å². The molecule has 10 nitrogen and oxygen atoms in total. The minimum atomic E-state index is 0.114. The Labute approximate surface area is 219 Å². The fourth-order valence-electron chi connectivity index (χ4n) is 5.54. The summed E-state index contributed by atoms with van der Waals surface area (Å²) in [6.45, 7) is 14.2. The molecule has 0 radical (unpaired) electrons. The van der Waals surface area contributed by atoms with Crippen LogP contribution in [0.25, 0.3) is 0 Å². The van der Waals surface area contributed by atoms with Gasteiger partial charge in [-0.2, -0.15) is 4.98 Å². The van der Waals surface area contributed by atoms with Gasteiger partial charge in [0.2, 0.25) is 5.95 Å². The molecule has 2 N–H and O–H groups in total. The molecule has 0 amide bonds. The summed E-state index contributed by atoms with van der Waals surface area (Å²) in [5, 5.41) is 6.88. The Morgan fingerprint density at radius 2 is 1.84 bits per heavy atom. The lowest BCUT2D eigenvalue weighted by Crippen LogP contribution is -2.46. The van der Waals surface area contributed by atoms with Crippen LogP contribution in [0, 0.1) is 6.92 Å². The van der Waals surface area contributed by atoms with Crippen LogP contribution in [-0.4, -0.2) is 99.2 Å². The summed E-state index contributed by atoms with van der Waals surface area (Å²) in [5.41, 5.74) is 4.58. The molecule has 0 bridgehead atoms. The highest BCUT2D eigenvalue weighted by molar-refractivity contribution is 5.90. The second-order valence-electron chi connectivity index (χ2n) is 10.2. The Hall–Kier alpha value is -3.53. The lowest BCUT2D eigenvalue weighted by atomic mass is 10.1. The van der Waals surface area contributed by atoms with Crippen LogP contribution in [0.3, 0.4) is 0 Å². The van der Waals surface area contributed by atoms with Gasteiger partial charge < -0.3 is 35.0 Å². The summed E-state index contributed by atoms with van der Waals surface area (Å²) in [7, 11) is 0. The van der Waals surface area contributed by atoms with Gasteiger partial charge in [0.05, 0.1) is 31.0 Å². The van der Waals surface area contributed by atoms with Gasteiger partial charge in [0.15, 0.2) is 0 Å². The van der Waals surface area contributed by atoms with E-state index in [1.165, 1.54) is 11.3 Å². The quantitative estimate of drug-likeness (QED) is 0.652. The van der Waals surface area contributed by atoms with E-state index in [9.17, 15) is 0 Å². The lowest BCUT2D eigenvalue weighted by Gasteiger charge is -2.39. The number of morpholine rings is 1. The molecule has 4 aliphatic heterocycles. The molecule has 1 aromatic carbocycles. The van der Waals surface area contributed by atoms with Crippen molar-refractivity contribution in [3.05, 3.63) is 41.9 Å². The second-order valence-corrected chi connectivity index (χ2v) is 10.2. The summed E-state index contributed by atoms with van der Waals surface area (Å²) in [4.78, 5) is 23.6. The minimum Gasteiger partial charge on any atom is -0.490 e. The van der Waals surface area contributed by atoms with Gasteiger partial charge in [-0.25, -0.2) is 4.98 Å². The molecule has 0 aliphatic carbocycles. The van der Waals surface area contributed by atoms with Crippen molar-refractivity contribution in [2.45, 2.75) is 20.0 Å². The van der Waals surface area contributed by atoms with E-state index in [0.29, 0.717) is 0 Å². The predicted molar refractivity (Wildman–Crippen MR) is 150 cm³/mol. The molecule has 1 atom stereocenters. The van der Waals surface area contributed by atoms with E-state index in [4.69, 9.17) is 14.7 Å². The van der Waals surface area contributed by atoms with E-state index >= 15 is 0 Å². The van der Waals surface area contributed by atoms with Crippen LogP contribution >= 0.6 is 0 Å². The monoisotopic (exact) mass is 503 g/mol. The summed E-state index contributed by atoms with van der Waals surface area (Å²) in [5.74, 6) is 2.87. The van der Waals surface area contributed by atoms with Gasteiger partial charge in [-0.15, -0.1) is 0 Å². The maximum absolute atomic E-state index is 6.28. The van der Waals surface area contributed by atoms with Gasteiger partial charge in [-0.1, -0.05) is 6.07 Å². The molecule has 10 heteroatoms. The standard InChI is InChI=1S/C27H37N9O/c1-20-3-4-23(26-25(20)29-7-8-30-26)36-17-21(2)37-22(19-36)18-33-13-15-34(16-14-33)24-5-6-31-27(32-24)35-11-9-28-10-12-35/h3-6,8,18,21,28-29H,7,9-17,19H2,1-2H3/b22-18+/t21-/m1/s1. The van der Waals surface area contributed by atoms with Crippen molar-refractivity contribution in [3.63, 3.8) is 0 Å². The zero-order chi connectivity index (χ0) is 25.2.